The second-order valence-corrected chi connectivity index (χ2v) is 5.83. The van der Waals surface area contributed by atoms with E-state index < -0.39 is 35.1 Å². The Morgan fingerprint density at radius 1 is 1.47 bits per heavy atom. The Bertz CT molecular complexity index is 494. The molecule has 1 aromatic rings. The van der Waals surface area contributed by atoms with Crippen LogP contribution in [0.15, 0.2) is 21.7 Å². The van der Waals surface area contributed by atoms with E-state index in [1.54, 1.807) is 11.4 Å². The lowest BCUT2D eigenvalue weighted by molar-refractivity contribution is -0.146. The number of nitrogens with one attached hydrogen (secondary N) is 1. The number of thiophene rings is 1. The molecule has 0 atom stereocenters. The molecule has 0 unspecified atom stereocenters. The van der Waals surface area contributed by atoms with Gasteiger partial charge in [-0.1, -0.05) is 6.07 Å². The number of hydrogen-bond acceptors (Lipinski definition) is 6. The first-order chi connectivity index (χ1) is 7.92. The highest BCUT2D eigenvalue weighted by molar-refractivity contribution is 7.91. The first-order valence-electron chi connectivity index (χ1n) is 4.39. The highest BCUT2D eigenvalue weighted by Crippen LogP contribution is 2.14. The minimum Gasteiger partial charge on any atom is -0.455 e. The minimum atomic E-state index is -3.70. The van der Waals surface area contributed by atoms with Crippen molar-refractivity contribution in [2.24, 2.45) is 5.73 Å². The number of rotatable bonds is 6. The zero-order valence-corrected chi connectivity index (χ0v) is 10.2. The molecule has 17 heavy (non-hydrogen) atoms. The number of carbonyl (C=O) groups excluding carboxylic acids is 2. The molecule has 0 radical (unpaired) electrons. The Hall–Kier alpha value is -1.45. The van der Waals surface area contributed by atoms with E-state index in [1.807, 2.05) is 4.72 Å². The monoisotopic (exact) mass is 278 g/mol. The summed E-state index contributed by atoms with van der Waals surface area (Å²) in [6.45, 7) is -1.12. The third-order valence-corrected chi connectivity index (χ3v) is 4.34. The molecule has 0 fully saturated rings. The molecule has 0 aromatic carbocycles. The van der Waals surface area contributed by atoms with E-state index in [4.69, 9.17) is 5.73 Å². The molecule has 1 heterocycles. The summed E-state index contributed by atoms with van der Waals surface area (Å²) in [5.41, 5.74) is 4.75. The van der Waals surface area contributed by atoms with Gasteiger partial charge in [0.05, 0.1) is 0 Å². The molecule has 0 aliphatic carbocycles. The summed E-state index contributed by atoms with van der Waals surface area (Å²) < 4.78 is 29.6. The van der Waals surface area contributed by atoms with E-state index in [2.05, 4.69) is 4.74 Å². The van der Waals surface area contributed by atoms with Gasteiger partial charge in [0.2, 0.25) is 0 Å². The second-order valence-electron chi connectivity index (χ2n) is 2.88. The maximum Gasteiger partial charge on any atom is 0.321 e. The smallest absolute Gasteiger partial charge is 0.321 e. The van der Waals surface area contributed by atoms with E-state index >= 15 is 0 Å². The predicted octanol–water partition coefficient (Wildman–Crippen LogP) is -0.945. The summed E-state index contributed by atoms with van der Waals surface area (Å²) in [4.78, 5) is 21.3. The fourth-order valence-electron chi connectivity index (χ4n) is 0.844. The Morgan fingerprint density at radius 2 is 2.18 bits per heavy atom. The number of carbonyl (C=O) groups is 2. The van der Waals surface area contributed by atoms with Gasteiger partial charge < -0.3 is 10.5 Å². The van der Waals surface area contributed by atoms with Crippen molar-refractivity contribution in [3.05, 3.63) is 17.5 Å². The number of hydrogen-bond donors (Lipinski definition) is 2. The average Bonchev–Trinajstić information content (AvgIpc) is 2.77. The van der Waals surface area contributed by atoms with Gasteiger partial charge in [-0.15, -0.1) is 11.3 Å². The molecule has 0 aliphatic heterocycles. The third kappa shape index (κ3) is 4.51. The molecule has 94 valence electrons. The van der Waals surface area contributed by atoms with Crippen LogP contribution in [0.25, 0.3) is 0 Å². The van der Waals surface area contributed by atoms with Crippen molar-refractivity contribution in [1.29, 1.82) is 0 Å². The zero-order valence-electron chi connectivity index (χ0n) is 8.58. The van der Waals surface area contributed by atoms with Gasteiger partial charge in [-0.25, -0.2) is 8.42 Å². The third-order valence-electron chi connectivity index (χ3n) is 1.54. The van der Waals surface area contributed by atoms with Crippen molar-refractivity contribution in [3.63, 3.8) is 0 Å². The molecular formula is C8H10N2O5S2. The number of esters is 1. The SMILES string of the molecule is NC(=O)COC(=O)CNS(=O)(=O)c1cccs1. The van der Waals surface area contributed by atoms with Crippen LogP contribution in [0.2, 0.25) is 0 Å². The first kappa shape index (κ1) is 13.6. The van der Waals surface area contributed by atoms with Gasteiger partial charge in [0.25, 0.3) is 15.9 Å². The Kier molecular flexibility index (Phi) is 4.61. The van der Waals surface area contributed by atoms with Gasteiger partial charge in [-0.3, -0.25) is 9.59 Å². The molecule has 1 amide bonds. The zero-order chi connectivity index (χ0) is 12.9. The fourth-order valence-corrected chi connectivity index (χ4v) is 2.85. The summed E-state index contributed by atoms with van der Waals surface area (Å²) in [7, 11) is -3.70. The lowest BCUT2D eigenvalue weighted by Crippen LogP contribution is -2.32. The second kappa shape index (κ2) is 5.75. The van der Waals surface area contributed by atoms with Crippen molar-refractivity contribution in [1.82, 2.24) is 4.72 Å². The van der Waals surface area contributed by atoms with Crippen LogP contribution in [0.5, 0.6) is 0 Å². The van der Waals surface area contributed by atoms with Crippen LogP contribution in [0.3, 0.4) is 0 Å². The van der Waals surface area contributed by atoms with E-state index in [9.17, 15) is 18.0 Å². The van der Waals surface area contributed by atoms with Crippen molar-refractivity contribution in [2.75, 3.05) is 13.2 Å². The van der Waals surface area contributed by atoms with Gasteiger partial charge in [0, 0.05) is 0 Å². The highest BCUT2D eigenvalue weighted by Gasteiger charge is 2.16. The Morgan fingerprint density at radius 3 is 2.71 bits per heavy atom. The summed E-state index contributed by atoms with van der Waals surface area (Å²) >= 11 is 1.02. The first-order valence-corrected chi connectivity index (χ1v) is 6.75. The standard InChI is InChI=1S/C8H10N2O5S2/c9-6(11)5-15-7(12)4-10-17(13,14)8-2-1-3-16-8/h1-3,10H,4-5H2,(H2,9,11). The van der Waals surface area contributed by atoms with E-state index in [0.717, 1.165) is 11.3 Å². The maximum atomic E-state index is 11.5. The molecule has 0 aliphatic rings. The Labute approximate surface area is 102 Å². The minimum absolute atomic E-state index is 0.0974. The number of primary amides is 1. The Balaban J connectivity index is 2.46. The summed E-state index contributed by atoms with van der Waals surface area (Å²) in [6, 6.07) is 2.98. The van der Waals surface area contributed by atoms with Gasteiger partial charge in [0.15, 0.2) is 6.61 Å². The van der Waals surface area contributed by atoms with Crippen molar-refractivity contribution >= 4 is 33.2 Å². The molecule has 1 rings (SSSR count). The van der Waals surface area contributed by atoms with Crippen molar-refractivity contribution in [2.45, 2.75) is 4.21 Å². The molecule has 3 N–H and O–H groups in total. The van der Waals surface area contributed by atoms with Gasteiger partial charge in [0.1, 0.15) is 10.8 Å². The average molecular weight is 278 g/mol. The topological polar surface area (TPSA) is 116 Å². The van der Waals surface area contributed by atoms with Crippen molar-refractivity contribution < 1.29 is 22.7 Å². The fraction of sp³-hybridized carbons (Fsp3) is 0.250. The summed E-state index contributed by atoms with van der Waals surface area (Å²) in [5, 5.41) is 1.60. The van der Waals surface area contributed by atoms with E-state index in [1.165, 1.54) is 6.07 Å². The number of sulfonamides is 1. The number of nitrogens with two attached hydrogens (primary N) is 1. The molecular weight excluding hydrogens is 268 g/mol. The van der Waals surface area contributed by atoms with E-state index in [0.29, 0.717) is 0 Å². The van der Waals surface area contributed by atoms with Crippen LogP contribution in [-0.2, 0) is 24.3 Å². The molecule has 0 bridgehead atoms. The van der Waals surface area contributed by atoms with Crippen molar-refractivity contribution in [3.8, 4) is 0 Å². The maximum absolute atomic E-state index is 11.5. The van der Waals surface area contributed by atoms with E-state index in [-0.39, 0.29) is 4.21 Å². The molecule has 7 nitrogen and oxygen atoms in total. The van der Waals surface area contributed by atoms with Gasteiger partial charge in [-0.2, -0.15) is 4.72 Å². The quantitative estimate of drug-likeness (QED) is 0.651. The lowest BCUT2D eigenvalue weighted by Gasteiger charge is -2.04. The van der Waals surface area contributed by atoms with Gasteiger partial charge in [-0.05, 0) is 11.4 Å². The van der Waals surface area contributed by atoms with Crippen LogP contribution >= 0.6 is 11.3 Å². The largest absolute Gasteiger partial charge is 0.455 e. The summed E-state index contributed by atoms with van der Waals surface area (Å²) in [6.07, 6.45) is 0. The number of ether oxygens (including phenoxy) is 1. The van der Waals surface area contributed by atoms with Crippen LogP contribution in [0.1, 0.15) is 0 Å². The molecule has 0 saturated heterocycles. The summed E-state index contributed by atoms with van der Waals surface area (Å²) in [5.74, 6) is -1.68. The van der Waals surface area contributed by atoms with Crippen LogP contribution in [0, 0.1) is 0 Å². The lowest BCUT2D eigenvalue weighted by atomic mass is 10.6. The highest BCUT2D eigenvalue weighted by atomic mass is 32.2. The van der Waals surface area contributed by atoms with Crippen LogP contribution < -0.4 is 10.5 Å². The van der Waals surface area contributed by atoms with Crippen LogP contribution in [-0.4, -0.2) is 33.4 Å². The predicted molar refractivity (Wildman–Crippen MR) is 59.7 cm³/mol. The number of amides is 1. The van der Waals surface area contributed by atoms with Gasteiger partial charge >= 0.3 is 5.97 Å². The molecule has 0 spiro atoms. The normalized spacial score (nSPS) is 11.1. The molecule has 9 heteroatoms. The molecule has 1 aromatic heterocycles. The molecule has 0 saturated carbocycles. The van der Waals surface area contributed by atoms with Crippen LogP contribution in [0.4, 0.5) is 0 Å².